The molecule has 1 heterocycles. The van der Waals surface area contributed by atoms with Crippen molar-refractivity contribution in [2.45, 2.75) is 32.8 Å². The Morgan fingerprint density at radius 2 is 2.17 bits per heavy atom. The minimum Gasteiger partial charge on any atom is -0.473 e. The summed E-state index contributed by atoms with van der Waals surface area (Å²) in [6.45, 7) is 9.36. The summed E-state index contributed by atoms with van der Waals surface area (Å²) in [6, 6.07) is 2.81. The van der Waals surface area contributed by atoms with Crippen LogP contribution in [0.3, 0.4) is 0 Å². The number of carbonyl (C=O) groups is 1. The molecule has 8 nitrogen and oxygen atoms in total. The number of nitrogens with one attached hydrogen (secondary N) is 1. The second-order valence-corrected chi connectivity index (χ2v) is 5.65. The van der Waals surface area contributed by atoms with Gasteiger partial charge in [0.2, 0.25) is 0 Å². The van der Waals surface area contributed by atoms with Crippen LogP contribution in [-0.2, 0) is 4.74 Å². The molecule has 1 aromatic rings. The van der Waals surface area contributed by atoms with Crippen molar-refractivity contribution in [2.24, 2.45) is 0 Å². The molecule has 23 heavy (non-hydrogen) atoms. The van der Waals surface area contributed by atoms with Gasteiger partial charge in [-0.25, -0.2) is 9.78 Å². The SMILES string of the molecule is C=Cc1ccc([N+](=O)[O-])c(OCCCNC(=O)OC(C)(C)C)n1. The number of alkyl carbamates (subject to hydrolysis) is 1. The van der Waals surface area contributed by atoms with Crippen molar-refractivity contribution in [3.8, 4) is 5.88 Å². The number of pyridine rings is 1. The summed E-state index contributed by atoms with van der Waals surface area (Å²) in [5, 5.41) is 13.5. The Morgan fingerprint density at radius 1 is 1.48 bits per heavy atom. The van der Waals surface area contributed by atoms with Crippen molar-refractivity contribution >= 4 is 17.9 Å². The van der Waals surface area contributed by atoms with Gasteiger partial charge >= 0.3 is 11.8 Å². The first-order valence-corrected chi connectivity index (χ1v) is 7.10. The largest absolute Gasteiger partial charge is 0.473 e. The molecule has 0 aromatic carbocycles. The Labute approximate surface area is 134 Å². The zero-order valence-corrected chi connectivity index (χ0v) is 13.5. The lowest BCUT2D eigenvalue weighted by Gasteiger charge is -2.19. The molecular formula is C15H21N3O5. The van der Waals surface area contributed by atoms with E-state index in [0.717, 1.165) is 0 Å². The smallest absolute Gasteiger partial charge is 0.407 e. The Morgan fingerprint density at radius 3 is 2.74 bits per heavy atom. The zero-order valence-electron chi connectivity index (χ0n) is 13.5. The van der Waals surface area contributed by atoms with Crippen molar-refractivity contribution in [1.29, 1.82) is 0 Å². The first-order valence-electron chi connectivity index (χ1n) is 7.10. The molecule has 0 unspecified atom stereocenters. The van der Waals surface area contributed by atoms with Crippen LogP contribution in [0.1, 0.15) is 32.9 Å². The van der Waals surface area contributed by atoms with E-state index in [-0.39, 0.29) is 18.2 Å². The molecule has 0 fully saturated rings. The highest BCUT2D eigenvalue weighted by atomic mass is 16.6. The lowest BCUT2D eigenvalue weighted by Crippen LogP contribution is -2.33. The molecule has 0 aliphatic rings. The predicted octanol–water partition coefficient (Wildman–Crippen LogP) is 2.93. The second kappa shape index (κ2) is 8.11. The van der Waals surface area contributed by atoms with E-state index in [2.05, 4.69) is 16.9 Å². The highest BCUT2D eigenvalue weighted by Crippen LogP contribution is 2.24. The van der Waals surface area contributed by atoms with Crippen LogP contribution < -0.4 is 10.1 Å². The minimum absolute atomic E-state index is 0.0651. The summed E-state index contributed by atoms with van der Waals surface area (Å²) >= 11 is 0. The Kier molecular flexibility index (Phi) is 6.49. The topological polar surface area (TPSA) is 104 Å². The number of aromatic nitrogens is 1. The molecule has 0 spiro atoms. The van der Waals surface area contributed by atoms with E-state index in [9.17, 15) is 14.9 Å². The average Bonchev–Trinajstić information content (AvgIpc) is 2.44. The molecular weight excluding hydrogens is 302 g/mol. The fraction of sp³-hybridized carbons (Fsp3) is 0.467. The van der Waals surface area contributed by atoms with Gasteiger partial charge in [0.1, 0.15) is 5.60 Å². The van der Waals surface area contributed by atoms with E-state index in [4.69, 9.17) is 9.47 Å². The van der Waals surface area contributed by atoms with Gasteiger partial charge in [0.25, 0.3) is 5.88 Å². The zero-order chi connectivity index (χ0) is 17.5. The normalized spacial score (nSPS) is 10.7. The summed E-state index contributed by atoms with van der Waals surface area (Å²) in [4.78, 5) is 25.8. The number of amides is 1. The Balaban J connectivity index is 2.45. The molecule has 126 valence electrons. The molecule has 0 saturated heterocycles. The third kappa shape index (κ3) is 6.77. The van der Waals surface area contributed by atoms with E-state index < -0.39 is 16.6 Å². The lowest BCUT2D eigenvalue weighted by atomic mass is 10.2. The molecule has 1 amide bonds. The van der Waals surface area contributed by atoms with Crippen LogP contribution >= 0.6 is 0 Å². The van der Waals surface area contributed by atoms with E-state index >= 15 is 0 Å². The van der Waals surface area contributed by atoms with Gasteiger partial charge in [-0.3, -0.25) is 10.1 Å². The van der Waals surface area contributed by atoms with Gasteiger partial charge in [-0.05, 0) is 39.3 Å². The quantitative estimate of drug-likeness (QED) is 0.470. The van der Waals surface area contributed by atoms with Crippen LogP contribution in [0.15, 0.2) is 18.7 Å². The summed E-state index contributed by atoms with van der Waals surface area (Å²) in [5.41, 5.74) is -0.288. The van der Waals surface area contributed by atoms with Crippen LogP contribution in [0, 0.1) is 10.1 Å². The molecule has 0 bridgehead atoms. The number of rotatable bonds is 7. The van der Waals surface area contributed by atoms with Gasteiger partial charge < -0.3 is 14.8 Å². The summed E-state index contributed by atoms with van der Waals surface area (Å²) in [6.07, 6.45) is 1.41. The Hall–Kier alpha value is -2.64. The second-order valence-electron chi connectivity index (χ2n) is 5.65. The number of hydrogen-bond acceptors (Lipinski definition) is 6. The number of carbonyl (C=O) groups excluding carboxylic acids is 1. The van der Waals surface area contributed by atoms with Gasteiger partial charge in [0, 0.05) is 12.6 Å². The maximum Gasteiger partial charge on any atom is 0.407 e. The number of ether oxygens (including phenoxy) is 2. The number of nitro groups is 1. The van der Waals surface area contributed by atoms with Crippen molar-refractivity contribution in [2.75, 3.05) is 13.2 Å². The highest BCUT2D eigenvalue weighted by Gasteiger charge is 2.17. The highest BCUT2D eigenvalue weighted by molar-refractivity contribution is 5.67. The summed E-state index contributed by atoms with van der Waals surface area (Å²) < 4.78 is 10.4. The van der Waals surface area contributed by atoms with Gasteiger partial charge in [0.05, 0.1) is 17.2 Å². The first kappa shape index (κ1) is 18.4. The average molecular weight is 323 g/mol. The van der Waals surface area contributed by atoms with Crippen molar-refractivity contribution < 1.29 is 19.2 Å². The van der Waals surface area contributed by atoms with Crippen LogP contribution in [-0.4, -0.2) is 34.8 Å². The number of nitrogens with zero attached hydrogens (tertiary/aromatic N) is 2. The molecule has 1 aromatic heterocycles. The van der Waals surface area contributed by atoms with Crippen LogP contribution in [0.5, 0.6) is 5.88 Å². The van der Waals surface area contributed by atoms with Crippen LogP contribution in [0.4, 0.5) is 10.5 Å². The fourth-order valence-corrected chi connectivity index (χ4v) is 1.55. The minimum atomic E-state index is -0.561. The third-order valence-electron chi connectivity index (χ3n) is 2.50. The van der Waals surface area contributed by atoms with E-state index in [1.165, 1.54) is 18.2 Å². The fourth-order valence-electron chi connectivity index (χ4n) is 1.55. The lowest BCUT2D eigenvalue weighted by molar-refractivity contribution is -0.386. The van der Waals surface area contributed by atoms with Crippen molar-refractivity contribution in [1.82, 2.24) is 10.3 Å². The summed E-state index contributed by atoms with van der Waals surface area (Å²) in [5.74, 6) is -0.0651. The maximum atomic E-state index is 11.4. The van der Waals surface area contributed by atoms with Crippen molar-refractivity contribution in [3.05, 3.63) is 34.5 Å². The maximum absolute atomic E-state index is 11.4. The number of hydrogen-bond donors (Lipinski definition) is 1. The van der Waals surface area contributed by atoms with Gasteiger partial charge in [-0.2, -0.15) is 0 Å². The monoisotopic (exact) mass is 323 g/mol. The molecule has 1 rings (SSSR count). The summed E-state index contributed by atoms with van der Waals surface area (Å²) in [7, 11) is 0. The molecule has 1 N–H and O–H groups in total. The molecule has 0 aliphatic carbocycles. The Bertz CT molecular complexity index is 581. The molecule has 0 aliphatic heterocycles. The van der Waals surface area contributed by atoms with E-state index in [0.29, 0.717) is 18.7 Å². The molecule has 0 radical (unpaired) electrons. The molecule has 0 atom stereocenters. The van der Waals surface area contributed by atoms with Crippen LogP contribution in [0.2, 0.25) is 0 Å². The van der Waals surface area contributed by atoms with E-state index in [1.54, 1.807) is 20.8 Å². The van der Waals surface area contributed by atoms with Crippen molar-refractivity contribution in [3.63, 3.8) is 0 Å². The van der Waals surface area contributed by atoms with Gasteiger partial charge in [-0.15, -0.1) is 0 Å². The first-order chi connectivity index (χ1) is 10.7. The standard InChI is InChI=1S/C15H21N3O5/c1-5-11-7-8-12(18(20)21)13(17-11)22-10-6-9-16-14(19)23-15(2,3)4/h5,7-8H,1,6,9-10H2,2-4H3,(H,16,19). The van der Waals surface area contributed by atoms with Crippen LogP contribution in [0.25, 0.3) is 6.08 Å². The van der Waals surface area contributed by atoms with Gasteiger partial charge in [0.15, 0.2) is 0 Å². The predicted molar refractivity (Wildman–Crippen MR) is 85.3 cm³/mol. The molecule has 8 heteroatoms. The molecule has 0 saturated carbocycles. The third-order valence-corrected chi connectivity index (χ3v) is 2.50. The van der Waals surface area contributed by atoms with Gasteiger partial charge in [-0.1, -0.05) is 6.58 Å². The van der Waals surface area contributed by atoms with E-state index in [1.807, 2.05) is 0 Å².